The fourth-order valence-corrected chi connectivity index (χ4v) is 3.62. The average Bonchev–Trinajstić information content (AvgIpc) is 2.99. The summed E-state index contributed by atoms with van der Waals surface area (Å²) in [4.78, 5) is 27.9. The van der Waals surface area contributed by atoms with Crippen LogP contribution in [0.4, 0.5) is 24.5 Å². The number of aryl methyl sites for hydroxylation is 2. The van der Waals surface area contributed by atoms with Gasteiger partial charge in [-0.3, -0.25) is 9.59 Å². The van der Waals surface area contributed by atoms with Gasteiger partial charge in [-0.15, -0.1) is 0 Å². The van der Waals surface area contributed by atoms with Gasteiger partial charge in [0.05, 0.1) is 16.8 Å². The Labute approximate surface area is 183 Å². The van der Waals surface area contributed by atoms with Gasteiger partial charge < -0.3 is 5.32 Å². The Morgan fingerprint density at radius 1 is 0.812 bits per heavy atom. The molecule has 3 aromatic rings. The number of anilines is 2. The van der Waals surface area contributed by atoms with Crippen molar-refractivity contribution in [2.75, 3.05) is 10.2 Å². The lowest BCUT2D eigenvalue weighted by atomic mass is 10.0. The summed E-state index contributed by atoms with van der Waals surface area (Å²) in [6.45, 7) is 3.64. The maximum absolute atomic E-state index is 13.4. The maximum Gasteiger partial charge on any atom is 0.416 e. The molecule has 1 N–H and O–H groups in total. The van der Waals surface area contributed by atoms with E-state index in [2.05, 4.69) is 5.32 Å². The third-order valence-corrected chi connectivity index (χ3v) is 5.21. The minimum Gasteiger partial charge on any atom is -0.350 e. The second kappa shape index (κ2) is 8.00. The van der Waals surface area contributed by atoms with Crippen molar-refractivity contribution >= 4 is 28.8 Å². The standard InChI is InChI=1S/C25H19F3N2O2/c1-15-11-12-16(2)20(13-15)30-23(31)21(17-7-4-3-5-8-17)22(24(30)32)29-19-10-6-9-18(14-19)25(26,27)28/h3-14,29H,1-2H3. The molecule has 0 aromatic heterocycles. The number of imide groups is 1. The molecular weight excluding hydrogens is 417 g/mol. The lowest BCUT2D eigenvalue weighted by molar-refractivity contribution is -0.137. The van der Waals surface area contributed by atoms with Gasteiger partial charge in [0, 0.05) is 5.69 Å². The number of amides is 2. The van der Waals surface area contributed by atoms with Crippen LogP contribution in [-0.2, 0) is 15.8 Å². The molecule has 0 bridgehead atoms. The number of carbonyl (C=O) groups excluding carboxylic acids is 2. The van der Waals surface area contributed by atoms with Crippen LogP contribution in [0.2, 0.25) is 0 Å². The number of hydrogen-bond acceptors (Lipinski definition) is 3. The van der Waals surface area contributed by atoms with Gasteiger partial charge in [-0.25, -0.2) is 4.90 Å². The lowest BCUT2D eigenvalue weighted by Crippen LogP contribution is -2.33. The quantitative estimate of drug-likeness (QED) is 0.533. The van der Waals surface area contributed by atoms with Crippen LogP contribution in [0.25, 0.3) is 5.57 Å². The molecule has 7 heteroatoms. The Morgan fingerprint density at radius 2 is 1.53 bits per heavy atom. The van der Waals surface area contributed by atoms with E-state index in [0.717, 1.165) is 28.2 Å². The smallest absolute Gasteiger partial charge is 0.350 e. The van der Waals surface area contributed by atoms with Crippen molar-refractivity contribution in [2.24, 2.45) is 0 Å². The molecule has 0 saturated heterocycles. The number of carbonyl (C=O) groups is 2. The highest BCUT2D eigenvalue weighted by Crippen LogP contribution is 2.36. The van der Waals surface area contributed by atoms with E-state index in [9.17, 15) is 22.8 Å². The summed E-state index contributed by atoms with van der Waals surface area (Å²) < 4.78 is 39.5. The molecule has 4 nitrogen and oxygen atoms in total. The first-order valence-corrected chi connectivity index (χ1v) is 9.87. The molecule has 162 valence electrons. The van der Waals surface area contributed by atoms with Crippen molar-refractivity contribution in [1.29, 1.82) is 0 Å². The van der Waals surface area contributed by atoms with Crippen LogP contribution in [-0.4, -0.2) is 11.8 Å². The Bertz CT molecular complexity index is 1250. The number of hydrogen-bond donors (Lipinski definition) is 1. The molecule has 0 fully saturated rings. The lowest BCUT2D eigenvalue weighted by Gasteiger charge is -2.18. The molecule has 4 rings (SSSR count). The van der Waals surface area contributed by atoms with Crippen molar-refractivity contribution in [3.05, 3.63) is 101 Å². The van der Waals surface area contributed by atoms with Crippen molar-refractivity contribution in [1.82, 2.24) is 0 Å². The van der Waals surface area contributed by atoms with Gasteiger partial charge in [-0.1, -0.05) is 48.5 Å². The normalized spacial score (nSPS) is 14.3. The van der Waals surface area contributed by atoms with Gasteiger partial charge in [0.25, 0.3) is 11.8 Å². The number of benzene rings is 3. The van der Waals surface area contributed by atoms with Crippen LogP contribution in [0.3, 0.4) is 0 Å². The van der Waals surface area contributed by atoms with Crippen molar-refractivity contribution in [3.8, 4) is 0 Å². The van der Waals surface area contributed by atoms with E-state index >= 15 is 0 Å². The molecule has 0 aliphatic carbocycles. The van der Waals surface area contributed by atoms with Gasteiger partial charge in [-0.2, -0.15) is 13.2 Å². The summed E-state index contributed by atoms with van der Waals surface area (Å²) in [5, 5.41) is 2.78. The summed E-state index contributed by atoms with van der Waals surface area (Å²) in [6.07, 6.45) is -4.53. The summed E-state index contributed by atoms with van der Waals surface area (Å²) in [5.41, 5.74) is 1.77. The molecule has 2 amide bonds. The first-order valence-electron chi connectivity index (χ1n) is 9.87. The molecule has 0 unspecified atom stereocenters. The maximum atomic E-state index is 13.4. The Balaban J connectivity index is 1.83. The highest BCUT2D eigenvalue weighted by molar-refractivity contribution is 6.46. The zero-order chi connectivity index (χ0) is 23.0. The summed E-state index contributed by atoms with van der Waals surface area (Å²) in [5.74, 6) is -1.16. The second-order valence-electron chi connectivity index (χ2n) is 7.56. The van der Waals surface area contributed by atoms with E-state index in [1.54, 1.807) is 43.3 Å². The van der Waals surface area contributed by atoms with Crippen molar-refractivity contribution in [2.45, 2.75) is 20.0 Å². The fraction of sp³-hybridized carbons (Fsp3) is 0.120. The van der Waals surface area contributed by atoms with E-state index in [4.69, 9.17) is 0 Å². The molecule has 1 aliphatic heterocycles. The Morgan fingerprint density at radius 3 is 2.22 bits per heavy atom. The summed E-state index contributed by atoms with van der Waals surface area (Å²) in [7, 11) is 0. The topological polar surface area (TPSA) is 49.4 Å². The summed E-state index contributed by atoms with van der Waals surface area (Å²) >= 11 is 0. The van der Waals surface area contributed by atoms with Crippen LogP contribution < -0.4 is 10.2 Å². The molecule has 32 heavy (non-hydrogen) atoms. The third kappa shape index (κ3) is 3.89. The molecule has 0 radical (unpaired) electrons. The zero-order valence-electron chi connectivity index (χ0n) is 17.3. The monoisotopic (exact) mass is 436 g/mol. The summed E-state index contributed by atoms with van der Waals surface area (Å²) in [6, 6.07) is 18.5. The zero-order valence-corrected chi connectivity index (χ0v) is 17.3. The van der Waals surface area contributed by atoms with Gasteiger partial charge in [0.2, 0.25) is 0 Å². The van der Waals surface area contributed by atoms with Crippen molar-refractivity contribution in [3.63, 3.8) is 0 Å². The van der Waals surface area contributed by atoms with E-state index in [1.807, 2.05) is 19.1 Å². The molecule has 0 saturated carbocycles. The Kier molecular flexibility index (Phi) is 5.34. The van der Waals surface area contributed by atoms with Gasteiger partial charge >= 0.3 is 6.18 Å². The molecule has 3 aromatic carbocycles. The largest absolute Gasteiger partial charge is 0.416 e. The van der Waals surface area contributed by atoms with Gasteiger partial charge in [-0.05, 0) is 54.8 Å². The number of nitrogens with zero attached hydrogens (tertiary/aromatic N) is 1. The van der Waals surface area contributed by atoms with Crippen LogP contribution in [0.15, 0.2) is 78.5 Å². The third-order valence-electron chi connectivity index (χ3n) is 5.21. The van der Waals surface area contributed by atoms with E-state index < -0.39 is 23.6 Å². The van der Waals surface area contributed by atoms with Crippen molar-refractivity contribution < 1.29 is 22.8 Å². The van der Waals surface area contributed by atoms with Gasteiger partial charge in [0.15, 0.2) is 0 Å². The van der Waals surface area contributed by atoms with Crippen LogP contribution in [0.5, 0.6) is 0 Å². The fourth-order valence-electron chi connectivity index (χ4n) is 3.62. The predicted octanol–water partition coefficient (Wildman–Crippen LogP) is 5.72. The number of alkyl halides is 3. The molecule has 1 heterocycles. The van der Waals surface area contributed by atoms with Crippen LogP contribution >= 0.6 is 0 Å². The van der Waals surface area contributed by atoms with E-state index in [1.165, 1.54) is 12.1 Å². The minimum absolute atomic E-state index is 0.0622. The number of halogens is 3. The average molecular weight is 436 g/mol. The molecule has 0 atom stereocenters. The first-order chi connectivity index (χ1) is 15.2. The molecular formula is C25H19F3N2O2. The van der Waals surface area contributed by atoms with Crippen LogP contribution in [0.1, 0.15) is 22.3 Å². The number of rotatable bonds is 4. The van der Waals surface area contributed by atoms with Crippen LogP contribution in [0, 0.1) is 13.8 Å². The van der Waals surface area contributed by atoms with E-state index in [-0.39, 0.29) is 17.0 Å². The highest BCUT2D eigenvalue weighted by Gasteiger charge is 2.41. The second-order valence-corrected chi connectivity index (χ2v) is 7.56. The SMILES string of the molecule is Cc1ccc(C)c(N2C(=O)C(Nc3cccc(C(F)(F)F)c3)=C(c3ccccc3)C2=O)c1. The van der Waals surface area contributed by atoms with E-state index in [0.29, 0.717) is 11.3 Å². The minimum atomic E-state index is -4.53. The number of nitrogens with one attached hydrogen (secondary N) is 1. The Hall–Kier alpha value is -3.87. The highest BCUT2D eigenvalue weighted by atomic mass is 19.4. The predicted molar refractivity (Wildman–Crippen MR) is 117 cm³/mol. The first kappa shape index (κ1) is 21.4. The molecule has 1 aliphatic rings. The van der Waals surface area contributed by atoms with Gasteiger partial charge in [0.1, 0.15) is 5.70 Å². The molecule has 0 spiro atoms.